The van der Waals surface area contributed by atoms with E-state index in [1.165, 1.54) is 6.42 Å². The third kappa shape index (κ3) is 5.04. The van der Waals surface area contributed by atoms with Gasteiger partial charge in [0.1, 0.15) is 5.75 Å². The maximum atomic E-state index is 12.6. The first-order valence-corrected chi connectivity index (χ1v) is 10.4. The molecule has 6 heteroatoms. The highest BCUT2D eigenvalue weighted by Crippen LogP contribution is 2.33. The van der Waals surface area contributed by atoms with Crippen LogP contribution >= 0.6 is 0 Å². The topological polar surface area (TPSA) is 92.9 Å². The highest BCUT2D eigenvalue weighted by atomic mass is 16.5. The number of aliphatic carboxylic acids is 1. The molecule has 28 heavy (non-hydrogen) atoms. The summed E-state index contributed by atoms with van der Waals surface area (Å²) in [5.41, 5.74) is 7.01. The van der Waals surface area contributed by atoms with E-state index in [9.17, 15) is 9.59 Å². The molecule has 0 radical (unpaired) electrons. The number of hydrogen-bond acceptors (Lipinski definition) is 4. The van der Waals surface area contributed by atoms with Gasteiger partial charge in [-0.05, 0) is 62.8 Å². The van der Waals surface area contributed by atoms with Crippen LogP contribution in [0, 0.1) is 11.8 Å². The van der Waals surface area contributed by atoms with Gasteiger partial charge in [0.05, 0.1) is 19.1 Å². The number of carboxylic acids is 1. The van der Waals surface area contributed by atoms with Crippen LogP contribution in [0.5, 0.6) is 5.75 Å². The number of para-hydroxylation sites is 1. The minimum atomic E-state index is -0.859. The number of amides is 1. The number of carbonyl (C=O) groups excluding carboxylic acids is 1. The quantitative estimate of drug-likeness (QED) is 0.714. The zero-order valence-electron chi connectivity index (χ0n) is 16.7. The Morgan fingerprint density at radius 2 is 1.86 bits per heavy atom. The zero-order chi connectivity index (χ0) is 20.1. The fourth-order valence-corrected chi connectivity index (χ4v) is 4.27. The first-order valence-electron chi connectivity index (χ1n) is 10.4. The molecule has 2 aliphatic rings. The number of rotatable bonds is 8. The smallest absolute Gasteiger partial charge is 0.307 e. The van der Waals surface area contributed by atoms with Gasteiger partial charge >= 0.3 is 5.97 Å². The van der Waals surface area contributed by atoms with Crippen molar-refractivity contribution in [2.75, 3.05) is 13.7 Å². The SMILES string of the molecule is CN(C(=O)[C@@H](N)C1CCC(COc2ccccc2CC(=O)O)CC1)C1CCC1. The molecule has 2 aliphatic carbocycles. The summed E-state index contributed by atoms with van der Waals surface area (Å²) in [6.07, 6.45) is 7.23. The van der Waals surface area contributed by atoms with Crippen LogP contribution in [-0.2, 0) is 16.0 Å². The molecule has 1 atom stereocenters. The Morgan fingerprint density at radius 1 is 1.18 bits per heavy atom. The van der Waals surface area contributed by atoms with Gasteiger partial charge in [0.15, 0.2) is 0 Å². The first-order chi connectivity index (χ1) is 13.5. The number of hydrogen-bond donors (Lipinski definition) is 2. The van der Waals surface area contributed by atoms with E-state index in [1.807, 2.05) is 30.1 Å². The summed E-state index contributed by atoms with van der Waals surface area (Å²) in [6.45, 7) is 0.578. The van der Waals surface area contributed by atoms with Gasteiger partial charge in [-0.25, -0.2) is 0 Å². The number of nitrogens with two attached hydrogens (primary N) is 1. The summed E-state index contributed by atoms with van der Waals surface area (Å²) in [6, 6.07) is 7.30. The molecule has 1 aromatic carbocycles. The number of nitrogens with zero attached hydrogens (tertiary/aromatic N) is 1. The van der Waals surface area contributed by atoms with Crippen LogP contribution in [-0.4, -0.2) is 47.6 Å². The van der Waals surface area contributed by atoms with Gasteiger partial charge in [0.25, 0.3) is 0 Å². The third-order valence-corrected chi connectivity index (χ3v) is 6.44. The second-order valence-electron chi connectivity index (χ2n) is 8.33. The second kappa shape index (κ2) is 9.41. The Balaban J connectivity index is 1.45. The molecule has 2 fully saturated rings. The lowest BCUT2D eigenvalue weighted by atomic mass is 9.78. The highest BCUT2D eigenvalue weighted by Gasteiger charge is 2.34. The van der Waals surface area contributed by atoms with E-state index in [0.29, 0.717) is 29.9 Å². The molecule has 0 spiro atoms. The Labute approximate surface area is 167 Å². The van der Waals surface area contributed by atoms with Crippen molar-refractivity contribution in [2.24, 2.45) is 17.6 Å². The Hall–Kier alpha value is -2.08. The summed E-state index contributed by atoms with van der Waals surface area (Å²) < 4.78 is 5.94. The molecule has 154 valence electrons. The van der Waals surface area contributed by atoms with Gasteiger partial charge in [-0.2, -0.15) is 0 Å². The van der Waals surface area contributed by atoms with Gasteiger partial charge in [0.2, 0.25) is 5.91 Å². The Morgan fingerprint density at radius 3 is 2.46 bits per heavy atom. The summed E-state index contributed by atoms with van der Waals surface area (Å²) in [5, 5.41) is 9.03. The summed E-state index contributed by atoms with van der Waals surface area (Å²) in [5.74, 6) is 0.543. The molecule has 2 saturated carbocycles. The molecule has 0 aliphatic heterocycles. The summed E-state index contributed by atoms with van der Waals surface area (Å²) >= 11 is 0. The van der Waals surface area contributed by atoms with Crippen LogP contribution in [0.1, 0.15) is 50.5 Å². The summed E-state index contributed by atoms with van der Waals surface area (Å²) in [4.78, 5) is 25.5. The Bertz CT molecular complexity index is 681. The van der Waals surface area contributed by atoms with E-state index in [1.54, 1.807) is 6.07 Å². The number of benzene rings is 1. The van der Waals surface area contributed by atoms with Crippen molar-refractivity contribution in [1.82, 2.24) is 4.90 Å². The standard InChI is InChI=1S/C22H32N2O4/c1-24(18-6-4-7-18)22(27)21(23)16-11-9-15(10-12-16)14-28-19-8-3-2-5-17(19)13-20(25)26/h2-3,5,8,15-16,18,21H,4,6-7,9-14,23H2,1H3,(H,25,26)/t15?,16?,21-/m0/s1. The normalized spacial score (nSPS) is 23.5. The lowest BCUT2D eigenvalue weighted by Gasteiger charge is -2.38. The number of carboxylic acid groups (broad SMARTS) is 1. The van der Waals surface area contributed by atoms with Crippen LogP contribution in [0.15, 0.2) is 24.3 Å². The van der Waals surface area contributed by atoms with Gasteiger partial charge in [-0.3, -0.25) is 9.59 Å². The van der Waals surface area contributed by atoms with Crippen molar-refractivity contribution in [3.63, 3.8) is 0 Å². The number of ether oxygens (including phenoxy) is 1. The van der Waals surface area contributed by atoms with Crippen molar-refractivity contribution in [3.8, 4) is 5.75 Å². The second-order valence-corrected chi connectivity index (χ2v) is 8.33. The van der Waals surface area contributed by atoms with Crippen molar-refractivity contribution >= 4 is 11.9 Å². The van der Waals surface area contributed by atoms with Gasteiger partial charge in [0, 0.05) is 18.7 Å². The largest absolute Gasteiger partial charge is 0.493 e. The lowest BCUT2D eigenvalue weighted by Crippen LogP contribution is -2.52. The molecule has 3 rings (SSSR count). The number of carbonyl (C=O) groups is 2. The maximum absolute atomic E-state index is 12.6. The van der Waals surface area contributed by atoms with Gasteiger partial charge in [-0.15, -0.1) is 0 Å². The zero-order valence-corrected chi connectivity index (χ0v) is 16.7. The molecular weight excluding hydrogens is 356 g/mol. The van der Waals surface area contributed by atoms with Gasteiger partial charge in [-0.1, -0.05) is 18.2 Å². The predicted molar refractivity (Wildman–Crippen MR) is 107 cm³/mol. The van der Waals surface area contributed by atoms with E-state index in [-0.39, 0.29) is 18.2 Å². The molecular formula is C22H32N2O4. The molecule has 1 amide bonds. The van der Waals surface area contributed by atoms with Crippen molar-refractivity contribution in [2.45, 2.75) is 63.5 Å². The fraction of sp³-hybridized carbons (Fsp3) is 0.636. The average molecular weight is 389 g/mol. The van der Waals surface area contributed by atoms with E-state index in [4.69, 9.17) is 15.6 Å². The van der Waals surface area contributed by atoms with Crippen LogP contribution < -0.4 is 10.5 Å². The van der Waals surface area contributed by atoms with Crippen molar-refractivity contribution < 1.29 is 19.4 Å². The molecule has 1 aromatic rings. The number of likely N-dealkylation sites (N-methyl/N-ethyl adjacent to an activating group) is 1. The van der Waals surface area contributed by atoms with Crippen molar-refractivity contribution in [1.29, 1.82) is 0 Å². The van der Waals surface area contributed by atoms with Crippen molar-refractivity contribution in [3.05, 3.63) is 29.8 Å². The fourth-order valence-electron chi connectivity index (χ4n) is 4.27. The Kier molecular flexibility index (Phi) is 6.94. The minimum Gasteiger partial charge on any atom is -0.493 e. The highest BCUT2D eigenvalue weighted by molar-refractivity contribution is 5.82. The molecule has 3 N–H and O–H groups in total. The predicted octanol–water partition coefficient (Wildman–Crippen LogP) is 2.84. The monoisotopic (exact) mass is 388 g/mol. The van der Waals surface area contributed by atoms with Crippen LogP contribution in [0.25, 0.3) is 0 Å². The van der Waals surface area contributed by atoms with Crippen LogP contribution in [0.2, 0.25) is 0 Å². The van der Waals surface area contributed by atoms with Crippen LogP contribution in [0.3, 0.4) is 0 Å². The van der Waals surface area contributed by atoms with E-state index < -0.39 is 12.0 Å². The van der Waals surface area contributed by atoms with E-state index in [2.05, 4.69) is 0 Å². The summed E-state index contributed by atoms with van der Waals surface area (Å²) in [7, 11) is 1.89. The van der Waals surface area contributed by atoms with E-state index >= 15 is 0 Å². The van der Waals surface area contributed by atoms with Gasteiger partial charge < -0.3 is 20.5 Å². The lowest BCUT2D eigenvalue weighted by molar-refractivity contribution is -0.137. The molecule has 0 saturated heterocycles. The minimum absolute atomic E-state index is 0.0333. The maximum Gasteiger partial charge on any atom is 0.307 e. The molecule has 6 nitrogen and oxygen atoms in total. The molecule has 0 unspecified atom stereocenters. The molecule has 0 heterocycles. The van der Waals surface area contributed by atoms with E-state index in [0.717, 1.165) is 38.5 Å². The molecule has 0 aromatic heterocycles. The first kappa shape index (κ1) is 20.6. The average Bonchev–Trinajstić information content (AvgIpc) is 2.64. The third-order valence-electron chi connectivity index (χ3n) is 6.44. The molecule has 0 bridgehead atoms. The van der Waals surface area contributed by atoms with Crippen LogP contribution in [0.4, 0.5) is 0 Å².